The Hall–Kier alpha value is 0.140. The maximum atomic E-state index is 12.2. The van der Waals surface area contributed by atoms with Crippen LogP contribution in [0.1, 0.15) is 40.0 Å². The van der Waals surface area contributed by atoms with E-state index in [1.54, 1.807) is 0 Å². The van der Waals surface area contributed by atoms with E-state index in [0.717, 1.165) is 35.2 Å². The molecule has 0 N–H and O–H groups in total. The third kappa shape index (κ3) is 3.83. The van der Waals surface area contributed by atoms with Gasteiger partial charge in [0.1, 0.15) is 9.30 Å². The van der Waals surface area contributed by atoms with Crippen molar-refractivity contribution in [3.8, 4) is 0 Å². The molecule has 4 nitrogen and oxygen atoms in total. The highest BCUT2D eigenvalue weighted by Gasteiger charge is 2.36. The van der Waals surface area contributed by atoms with E-state index in [2.05, 4.69) is 50.2 Å². The molecule has 2 aliphatic rings. The van der Waals surface area contributed by atoms with Crippen molar-refractivity contribution in [2.24, 2.45) is 4.99 Å². The average molecular weight is 488 g/mol. The Morgan fingerprint density at radius 3 is 2.63 bits per heavy atom. The molecular formula is C13H18I2N2O2. The third-order valence-electron chi connectivity index (χ3n) is 3.07. The van der Waals surface area contributed by atoms with E-state index >= 15 is 0 Å². The summed E-state index contributed by atoms with van der Waals surface area (Å²) in [4.78, 5) is 18.7. The van der Waals surface area contributed by atoms with Gasteiger partial charge in [-0.1, -0.05) is 0 Å². The molecule has 0 radical (unpaired) electrons. The van der Waals surface area contributed by atoms with Crippen molar-refractivity contribution in [1.82, 2.24) is 4.90 Å². The first kappa shape index (κ1) is 15.5. The van der Waals surface area contributed by atoms with Crippen molar-refractivity contribution >= 4 is 57.0 Å². The smallest absolute Gasteiger partial charge is 0.410 e. The number of carbonyl (C=O) groups excluding carboxylic acids is 1. The fraction of sp³-hybridized carbons (Fsp3) is 0.692. The van der Waals surface area contributed by atoms with Crippen LogP contribution < -0.4 is 0 Å². The van der Waals surface area contributed by atoms with Gasteiger partial charge in [0.25, 0.3) is 0 Å². The monoisotopic (exact) mass is 488 g/mol. The summed E-state index contributed by atoms with van der Waals surface area (Å²) in [6.45, 7) is 6.47. The number of carbonyl (C=O) groups is 1. The normalized spacial score (nSPS) is 23.9. The maximum absolute atomic E-state index is 12.2. The molecule has 1 atom stereocenters. The van der Waals surface area contributed by atoms with Crippen LogP contribution in [-0.2, 0) is 4.74 Å². The number of ether oxygens (including phenoxy) is 1. The molecule has 19 heavy (non-hydrogen) atoms. The first-order valence-electron chi connectivity index (χ1n) is 6.39. The first-order chi connectivity index (χ1) is 8.78. The van der Waals surface area contributed by atoms with Gasteiger partial charge in [0.05, 0.1) is 6.04 Å². The lowest BCUT2D eigenvalue weighted by Crippen LogP contribution is -2.43. The number of hydrogen-bond acceptors (Lipinski definition) is 3. The van der Waals surface area contributed by atoms with Gasteiger partial charge in [-0.25, -0.2) is 9.79 Å². The van der Waals surface area contributed by atoms with Gasteiger partial charge < -0.3 is 4.74 Å². The average Bonchev–Trinajstić information content (AvgIpc) is 2.83. The van der Waals surface area contributed by atoms with Crippen LogP contribution in [0.4, 0.5) is 4.79 Å². The van der Waals surface area contributed by atoms with E-state index in [1.165, 1.54) is 3.58 Å². The molecule has 106 valence electrons. The number of halogens is 2. The lowest BCUT2D eigenvalue weighted by atomic mass is 10.1. The van der Waals surface area contributed by atoms with Crippen LogP contribution in [0, 0.1) is 0 Å². The Labute approximate surface area is 141 Å². The fourth-order valence-electron chi connectivity index (χ4n) is 2.30. The Bertz CT molecular complexity index is 452. The number of rotatable bonds is 1. The molecule has 0 saturated carbocycles. The molecule has 1 amide bonds. The van der Waals surface area contributed by atoms with Crippen molar-refractivity contribution in [3.05, 3.63) is 7.28 Å². The van der Waals surface area contributed by atoms with E-state index in [-0.39, 0.29) is 12.1 Å². The van der Waals surface area contributed by atoms with E-state index in [1.807, 2.05) is 25.7 Å². The van der Waals surface area contributed by atoms with E-state index in [9.17, 15) is 4.79 Å². The van der Waals surface area contributed by atoms with Crippen LogP contribution in [0.2, 0.25) is 0 Å². The highest BCUT2D eigenvalue weighted by Crippen LogP contribution is 2.34. The summed E-state index contributed by atoms with van der Waals surface area (Å²) < 4.78 is 7.81. The molecule has 0 aromatic heterocycles. The highest BCUT2D eigenvalue weighted by molar-refractivity contribution is 14.1. The largest absolute Gasteiger partial charge is 0.444 e. The van der Waals surface area contributed by atoms with Crippen LogP contribution in [0.3, 0.4) is 0 Å². The van der Waals surface area contributed by atoms with Crippen LogP contribution in [-0.4, -0.2) is 34.9 Å². The summed E-state index contributed by atoms with van der Waals surface area (Å²) in [7, 11) is 0. The number of amides is 1. The summed E-state index contributed by atoms with van der Waals surface area (Å²) in [5.74, 6) is 0. The molecule has 6 heteroatoms. The molecule has 0 spiro atoms. The van der Waals surface area contributed by atoms with Gasteiger partial charge in [-0.2, -0.15) is 0 Å². The summed E-state index contributed by atoms with van der Waals surface area (Å²) in [6, 6.07) is 0.117. The molecule has 1 fully saturated rings. The Morgan fingerprint density at radius 1 is 1.42 bits per heavy atom. The molecule has 0 aromatic rings. The van der Waals surface area contributed by atoms with Gasteiger partial charge in [-0.3, -0.25) is 4.90 Å². The highest BCUT2D eigenvalue weighted by atomic mass is 127. The predicted octanol–water partition coefficient (Wildman–Crippen LogP) is 4.27. The first-order valence-corrected chi connectivity index (χ1v) is 8.55. The van der Waals surface area contributed by atoms with Crippen molar-refractivity contribution in [1.29, 1.82) is 0 Å². The van der Waals surface area contributed by atoms with Crippen LogP contribution in [0.15, 0.2) is 12.3 Å². The van der Waals surface area contributed by atoms with Crippen LogP contribution >= 0.6 is 45.2 Å². The zero-order valence-electron chi connectivity index (χ0n) is 11.4. The predicted molar refractivity (Wildman–Crippen MR) is 93.1 cm³/mol. The lowest BCUT2D eigenvalue weighted by molar-refractivity contribution is 0.0265. The second-order valence-corrected chi connectivity index (χ2v) is 8.13. The second kappa shape index (κ2) is 5.87. The van der Waals surface area contributed by atoms with Crippen LogP contribution in [0.25, 0.3) is 0 Å². The zero-order chi connectivity index (χ0) is 14.2. The minimum absolute atomic E-state index is 0.117. The third-order valence-corrected chi connectivity index (χ3v) is 5.88. The summed E-state index contributed by atoms with van der Waals surface area (Å²) in [5, 5.41) is 0. The van der Waals surface area contributed by atoms with E-state index in [0.29, 0.717) is 0 Å². The summed E-state index contributed by atoms with van der Waals surface area (Å²) in [5.41, 5.74) is 0.667. The fourth-order valence-corrected chi connectivity index (χ4v) is 3.31. The Balaban J connectivity index is 2.07. The van der Waals surface area contributed by atoms with Gasteiger partial charge >= 0.3 is 6.09 Å². The number of likely N-dealkylation sites (tertiary alicyclic amines) is 1. The van der Waals surface area contributed by atoms with Crippen molar-refractivity contribution < 1.29 is 9.53 Å². The van der Waals surface area contributed by atoms with Crippen molar-refractivity contribution in [3.63, 3.8) is 0 Å². The molecule has 1 saturated heterocycles. The molecule has 0 aromatic carbocycles. The van der Waals surface area contributed by atoms with Crippen LogP contribution in [0.5, 0.6) is 0 Å². The molecule has 2 rings (SSSR count). The second-order valence-electron chi connectivity index (χ2n) is 5.81. The van der Waals surface area contributed by atoms with Gasteiger partial charge in [-0.15, -0.1) is 0 Å². The van der Waals surface area contributed by atoms with Crippen molar-refractivity contribution in [2.45, 2.75) is 51.7 Å². The lowest BCUT2D eigenvalue weighted by Gasteiger charge is -2.28. The Morgan fingerprint density at radius 2 is 2.11 bits per heavy atom. The summed E-state index contributed by atoms with van der Waals surface area (Å²) in [6.07, 6.45) is 2.68. The van der Waals surface area contributed by atoms with E-state index in [4.69, 9.17) is 4.74 Å². The standard InChI is InChI=1S/C13H18I2N2O2/c1-13(2,3)19-12(18)17-6-4-5-10(17)9-7-8(14)11(15)16-9/h10H,4-7H2,1-3H3/t10-/m0/s1. The van der Waals surface area contributed by atoms with Gasteiger partial charge in [0.15, 0.2) is 0 Å². The van der Waals surface area contributed by atoms with Gasteiger partial charge in [0, 0.05) is 22.3 Å². The number of nitrogens with zero attached hydrogens (tertiary/aromatic N) is 2. The topological polar surface area (TPSA) is 41.9 Å². The number of allylic oxidation sites excluding steroid dienone is 1. The molecule has 0 aliphatic carbocycles. The van der Waals surface area contributed by atoms with Crippen molar-refractivity contribution in [2.75, 3.05) is 6.54 Å². The zero-order valence-corrected chi connectivity index (χ0v) is 15.7. The number of hydrogen-bond donors (Lipinski definition) is 0. The quantitative estimate of drug-likeness (QED) is 0.409. The Kier molecular flexibility index (Phi) is 4.79. The molecule has 0 unspecified atom stereocenters. The molecular weight excluding hydrogens is 470 g/mol. The summed E-state index contributed by atoms with van der Waals surface area (Å²) >= 11 is 4.59. The SMILES string of the molecule is CC(C)(C)OC(=O)N1CCC[C@H]1C1=NC(I)=C(I)C1. The number of aliphatic imine (C=N–C) groups is 1. The van der Waals surface area contributed by atoms with Gasteiger partial charge in [-0.05, 0) is 78.8 Å². The van der Waals surface area contributed by atoms with Gasteiger partial charge in [0.2, 0.25) is 0 Å². The van der Waals surface area contributed by atoms with E-state index < -0.39 is 5.60 Å². The molecule has 2 heterocycles. The minimum Gasteiger partial charge on any atom is -0.444 e. The molecule has 2 aliphatic heterocycles. The molecule has 0 bridgehead atoms. The minimum atomic E-state index is -0.442. The maximum Gasteiger partial charge on any atom is 0.410 e.